The predicted molar refractivity (Wildman–Crippen MR) is 39.2 cm³/mol. The maximum absolute atomic E-state index is 3.39. The molecule has 54 valence electrons. The zero-order chi connectivity index (χ0) is 6.91. The Labute approximate surface area is 57.0 Å². The first kappa shape index (κ1) is 7.03. The van der Waals surface area contributed by atoms with Crippen molar-refractivity contribution in [1.82, 2.24) is 10.6 Å². The fourth-order valence-electron chi connectivity index (χ4n) is 1.10. The average Bonchev–Trinajstić information content (AvgIpc) is 2.08. The Morgan fingerprint density at radius 1 is 1.33 bits per heavy atom. The maximum Gasteiger partial charge on any atom is 0.0457 e. The summed E-state index contributed by atoms with van der Waals surface area (Å²) in [6.45, 7) is 8.87. The minimum atomic E-state index is 0.406. The minimum absolute atomic E-state index is 0.406. The molecule has 0 spiro atoms. The zero-order valence-corrected chi connectivity index (χ0v) is 6.49. The van der Waals surface area contributed by atoms with Gasteiger partial charge in [-0.2, -0.15) is 0 Å². The molecule has 0 aromatic rings. The molecule has 1 aliphatic rings. The van der Waals surface area contributed by atoms with Crippen molar-refractivity contribution >= 4 is 0 Å². The normalized spacial score (nSPS) is 29.0. The first-order chi connectivity index (χ1) is 4.11. The quantitative estimate of drug-likeness (QED) is 0.498. The SMILES string of the molecule is CC(C)(C)C1CNCN1. The highest BCUT2D eigenvalue weighted by Gasteiger charge is 2.26. The fraction of sp³-hybridized carbons (Fsp3) is 1.00. The molecule has 2 nitrogen and oxygen atoms in total. The lowest BCUT2D eigenvalue weighted by Gasteiger charge is -2.25. The largest absolute Gasteiger partial charge is 0.303 e. The molecule has 1 rings (SSSR count). The number of hydrogen-bond acceptors (Lipinski definition) is 2. The van der Waals surface area contributed by atoms with E-state index in [2.05, 4.69) is 31.4 Å². The van der Waals surface area contributed by atoms with Crippen molar-refractivity contribution in [1.29, 1.82) is 0 Å². The van der Waals surface area contributed by atoms with E-state index in [9.17, 15) is 0 Å². The summed E-state index contributed by atoms with van der Waals surface area (Å²) in [7, 11) is 0. The lowest BCUT2D eigenvalue weighted by molar-refractivity contribution is 0.307. The third-order valence-electron chi connectivity index (χ3n) is 1.87. The lowest BCUT2D eigenvalue weighted by atomic mass is 9.87. The van der Waals surface area contributed by atoms with Gasteiger partial charge in [0.15, 0.2) is 0 Å². The number of nitrogens with one attached hydrogen (secondary N) is 2. The number of rotatable bonds is 0. The molecular formula is C7H16N2. The van der Waals surface area contributed by atoms with Gasteiger partial charge in [0.25, 0.3) is 0 Å². The van der Waals surface area contributed by atoms with Crippen LogP contribution in [-0.4, -0.2) is 19.3 Å². The molecule has 0 saturated carbocycles. The van der Waals surface area contributed by atoms with Crippen molar-refractivity contribution in [2.45, 2.75) is 26.8 Å². The van der Waals surface area contributed by atoms with Gasteiger partial charge in [-0.25, -0.2) is 0 Å². The van der Waals surface area contributed by atoms with E-state index in [1.807, 2.05) is 0 Å². The van der Waals surface area contributed by atoms with Crippen molar-refractivity contribution in [3.8, 4) is 0 Å². The standard InChI is InChI=1S/C7H16N2/c1-7(2,3)6-4-8-5-9-6/h6,8-9H,4-5H2,1-3H3. The second-order valence-corrected chi connectivity index (χ2v) is 3.75. The summed E-state index contributed by atoms with van der Waals surface area (Å²) in [5, 5.41) is 6.65. The maximum atomic E-state index is 3.39. The molecule has 1 atom stereocenters. The van der Waals surface area contributed by atoms with E-state index in [0.29, 0.717) is 11.5 Å². The van der Waals surface area contributed by atoms with Crippen LogP contribution in [0.1, 0.15) is 20.8 Å². The van der Waals surface area contributed by atoms with Gasteiger partial charge in [-0.3, -0.25) is 5.32 Å². The molecule has 1 unspecified atom stereocenters. The smallest absolute Gasteiger partial charge is 0.0457 e. The van der Waals surface area contributed by atoms with Gasteiger partial charge in [-0.1, -0.05) is 20.8 Å². The molecule has 0 aliphatic carbocycles. The zero-order valence-electron chi connectivity index (χ0n) is 6.49. The van der Waals surface area contributed by atoms with E-state index in [0.717, 1.165) is 13.2 Å². The van der Waals surface area contributed by atoms with E-state index in [4.69, 9.17) is 0 Å². The molecule has 0 amide bonds. The van der Waals surface area contributed by atoms with Crippen molar-refractivity contribution in [3.05, 3.63) is 0 Å². The molecule has 2 heteroatoms. The Balaban J connectivity index is 2.42. The molecule has 1 fully saturated rings. The van der Waals surface area contributed by atoms with Crippen LogP contribution in [0.4, 0.5) is 0 Å². The topological polar surface area (TPSA) is 24.1 Å². The second kappa shape index (κ2) is 2.27. The van der Waals surface area contributed by atoms with Crippen molar-refractivity contribution in [2.75, 3.05) is 13.2 Å². The molecule has 2 N–H and O–H groups in total. The Bertz CT molecular complexity index is 87.6. The van der Waals surface area contributed by atoms with Crippen molar-refractivity contribution in [3.63, 3.8) is 0 Å². The highest BCUT2D eigenvalue weighted by Crippen LogP contribution is 2.19. The van der Waals surface area contributed by atoms with Gasteiger partial charge in [0, 0.05) is 19.3 Å². The summed E-state index contributed by atoms with van der Waals surface area (Å²) in [5.41, 5.74) is 0.406. The molecule has 1 saturated heterocycles. The van der Waals surface area contributed by atoms with Gasteiger partial charge < -0.3 is 5.32 Å². The molecule has 0 radical (unpaired) electrons. The molecule has 9 heavy (non-hydrogen) atoms. The molecule has 1 aliphatic heterocycles. The van der Waals surface area contributed by atoms with Gasteiger partial charge in [0.05, 0.1) is 0 Å². The summed E-state index contributed by atoms with van der Waals surface area (Å²) in [4.78, 5) is 0. The molecular weight excluding hydrogens is 112 g/mol. The molecule has 0 bridgehead atoms. The average molecular weight is 128 g/mol. The van der Waals surface area contributed by atoms with Crippen LogP contribution >= 0.6 is 0 Å². The number of hydrogen-bond donors (Lipinski definition) is 2. The van der Waals surface area contributed by atoms with Crippen molar-refractivity contribution in [2.24, 2.45) is 5.41 Å². The van der Waals surface area contributed by atoms with E-state index in [1.54, 1.807) is 0 Å². The predicted octanol–water partition coefficient (Wildman–Crippen LogP) is 0.551. The second-order valence-electron chi connectivity index (χ2n) is 3.75. The van der Waals surface area contributed by atoms with Crippen LogP contribution < -0.4 is 10.6 Å². The Kier molecular flexibility index (Phi) is 1.78. The fourth-order valence-corrected chi connectivity index (χ4v) is 1.10. The van der Waals surface area contributed by atoms with Gasteiger partial charge in [-0.05, 0) is 5.41 Å². The highest BCUT2D eigenvalue weighted by molar-refractivity contribution is 4.85. The van der Waals surface area contributed by atoms with Gasteiger partial charge in [0.1, 0.15) is 0 Å². The lowest BCUT2D eigenvalue weighted by Crippen LogP contribution is -2.37. The first-order valence-electron chi connectivity index (χ1n) is 3.55. The summed E-state index contributed by atoms with van der Waals surface area (Å²) in [5.74, 6) is 0. The van der Waals surface area contributed by atoms with Crippen LogP contribution in [0.3, 0.4) is 0 Å². The monoisotopic (exact) mass is 128 g/mol. The molecule has 1 heterocycles. The Morgan fingerprint density at radius 3 is 2.22 bits per heavy atom. The van der Waals surface area contributed by atoms with Gasteiger partial charge in [-0.15, -0.1) is 0 Å². The van der Waals surface area contributed by atoms with Crippen LogP contribution in [0.25, 0.3) is 0 Å². The molecule has 0 aromatic heterocycles. The van der Waals surface area contributed by atoms with E-state index in [-0.39, 0.29) is 0 Å². The van der Waals surface area contributed by atoms with E-state index < -0.39 is 0 Å². The summed E-state index contributed by atoms with van der Waals surface area (Å²) in [6, 6.07) is 0.650. The summed E-state index contributed by atoms with van der Waals surface area (Å²) < 4.78 is 0. The van der Waals surface area contributed by atoms with E-state index >= 15 is 0 Å². The third-order valence-corrected chi connectivity index (χ3v) is 1.87. The third kappa shape index (κ3) is 1.66. The summed E-state index contributed by atoms with van der Waals surface area (Å²) >= 11 is 0. The highest BCUT2D eigenvalue weighted by atomic mass is 15.2. The van der Waals surface area contributed by atoms with Crippen LogP contribution in [0.2, 0.25) is 0 Å². The Hall–Kier alpha value is -0.0800. The van der Waals surface area contributed by atoms with E-state index in [1.165, 1.54) is 0 Å². The van der Waals surface area contributed by atoms with Crippen LogP contribution in [0.5, 0.6) is 0 Å². The first-order valence-corrected chi connectivity index (χ1v) is 3.55. The van der Waals surface area contributed by atoms with Crippen LogP contribution in [0, 0.1) is 5.41 Å². The summed E-state index contributed by atoms with van der Waals surface area (Å²) in [6.07, 6.45) is 0. The van der Waals surface area contributed by atoms with Crippen molar-refractivity contribution < 1.29 is 0 Å². The van der Waals surface area contributed by atoms with Gasteiger partial charge >= 0.3 is 0 Å². The molecule has 0 aromatic carbocycles. The minimum Gasteiger partial charge on any atom is -0.303 e. The Morgan fingerprint density at radius 2 is 2.00 bits per heavy atom. The van der Waals surface area contributed by atoms with Crippen LogP contribution in [0.15, 0.2) is 0 Å². The van der Waals surface area contributed by atoms with Crippen LogP contribution in [-0.2, 0) is 0 Å². The van der Waals surface area contributed by atoms with Gasteiger partial charge in [0.2, 0.25) is 0 Å².